The summed E-state index contributed by atoms with van der Waals surface area (Å²) in [5.74, 6) is -1.34. The Hall–Kier alpha value is -4.31. The van der Waals surface area contributed by atoms with E-state index in [1.807, 2.05) is 17.5 Å². The number of rotatable bonds is 7. The van der Waals surface area contributed by atoms with Crippen molar-refractivity contribution < 1.29 is 14.4 Å². The number of carbonyl (C=O) groups is 3. The Morgan fingerprint density at radius 2 is 1.76 bits per heavy atom. The predicted molar refractivity (Wildman–Crippen MR) is 124 cm³/mol. The van der Waals surface area contributed by atoms with Crippen LogP contribution >= 0.6 is 11.3 Å². The lowest BCUT2D eigenvalue weighted by Gasteiger charge is -2.10. The van der Waals surface area contributed by atoms with Crippen molar-refractivity contribution in [1.82, 2.24) is 20.0 Å². The van der Waals surface area contributed by atoms with Gasteiger partial charge < -0.3 is 16.0 Å². The van der Waals surface area contributed by atoms with Gasteiger partial charge in [0.15, 0.2) is 5.65 Å². The van der Waals surface area contributed by atoms with Crippen molar-refractivity contribution in [1.29, 1.82) is 0 Å². The number of nitrogens with one attached hydrogen (secondary N) is 3. The van der Waals surface area contributed by atoms with Gasteiger partial charge in [-0.15, -0.1) is 11.3 Å². The Morgan fingerprint density at radius 3 is 2.52 bits per heavy atom. The van der Waals surface area contributed by atoms with E-state index in [4.69, 9.17) is 0 Å². The van der Waals surface area contributed by atoms with Crippen LogP contribution in [0.1, 0.15) is 25.6 Å². The molecule has 3 aromatic heterocycles. The predicted octanol–water partition coefficient (Wildman–Crippen LogP) is 2.05. The van der Waals surface area contributed by atoms with E-state index in [0.29, 0.717) is 12.1 Å². The second-order valence-electron chi connectivity index (χ2n) is 6.95. The molecule has 4 aromatic rings. The van der Waals surface area contributed by atoms with E-state index in [1.54, 1.807) is 30.3 Å². The number of carbonyl (C=O) groups excluding carboxylic acids is 3. The van der Waals surface area contributed by atoms with Crippen LogP contribution in [0.2, 0.25) is 0 Å². The molecule has 0 unspecified atom stereocenters. The zero-order valence-corrected chi connectivity index (χ0v) is 18.1. The van der Waals surface area contributed by atoms with Crippen LogP contribution in [0.4, 0.5) is 5.69 Å². The third-order valence-corrected chi connectivity index (χ3v) is 5.59. The molecule has 0 radical (unpaired) electrons. The first-order valence-corrected chi connectivity index (χ1v) is 10.8. The molecular formula is C23H19N5O4S. The molecule has 0 fully saturated rings. The Morgan fingerprint density at radius 1 is 0.939 bits per heavy atom. The molecule has 0 bridgehead atoms. The number of anilines is 1. The number of pyridine rings is 1. The molecule has 3 amide bonds. The summed E-state index contributed by atoms with van der Waals surface area (Å²) in [6, 6.07) is 15.3. The van der Waals surface area contributed by atoms with Crippen LogP contribution in [0, 0.1) is 0 Å². The lowest BCUT2D eigenvalue weighted by atomic mass is 10.2. The first-order valence-electron chi connectivity index (χ1n) is 9.97. The van der Waals surface area contributed by atoms with Gasteiger partial charge in [0, 0.05) is 16.6 Å². The molecule has 0 saturated heterocycles. The number of amides is 3. The summed E-state index contributed by atoms with van der Waals surface area (Å²) in [5.41, 5.74) is 0.0743. The van der Waals surface area contributed by atoms with Gasteiger partial charge in [-0.3, -0.25) is 23.6 Å². The van der Waals surface area contributed by atoms with Crippen molar-refractivity contribution in [3.63, 3.8) is 0 Å². The molecule has 0 aliphatic rings. The Bertz CT molecular complexity index is 1370. The molecule has 0 aliphatic heterocycles. The molecule has 1 aromatic carbocycles. The van der Waals surface area contributed by atoms with E-state index in [-0.39, 0.29) is 29.3 Å². The number of hydrogen-bond donors (Lipinski definition) is 3. The third-order valence-electron chi connectivity index (χ3n) is 4.71. The summed E-state index contributed by atoms with van der Waals surface area (Å²) < 4.78 is 1.17. The molecule has 4 rings (SSSR count). The highest BCUT2D eigenvalue weighted by Crippen LogP contribution is 2.10. The van der Waals surface area contributed by atoms with Crippen LogP contribution in [0.15, 0.2) is 77.2 Å². The quantitative estimate of drug-likeness (QED) is 0.389. The minimum absolute atomic E-state index is 0.0214. The fraction of sp³-hybridized carbons (Fsp3) is 0.0870. The number of fused-ring (bicyclic) bond motifs is 1. The van der Waals surface area contributed by atoms with E-state index in [1.165, 1.54) is 40.3 Å². The normalized spacial score (nSPS) is 10.5. The van der Waals surface area contributed by atoms with Gasteiger partial charge in [0.05, 0.1) is 24.8 Å². The number of hydrogen-bond acceptors (Lipinski definition) is 6. The third kappa shape index (κ3) is 5.13. The van der Waals surface area contributed by atoms with Crippen molar-refractivity contribution in [3.8, 4) is 0 Å². The molecule has 9 nitrogen and oxygen atoms in total. The lowest BCUT2D eigenvalue weighted by Crippen LogP contribution is -2.37. The molecule has 33 heavy (non-hydrogen) atoms. The summed E-state index contributed by atoms with van der Waals surface area (Å²) in [7, 11) is 0. The standard InChI is InChI=1S/C23H19N5O4S/c29-19(24-12-16-8-5-11-33-16)14-26-22(31)17-9-4-10-28-20(17)25-13-18(23(28)32)27-21(30)15-6-2-1-3-7-15/h1-11,13H,12,14H2,(H,24,29)(H,26,31)(H,27,30). The molecule has 0 atom stereocenters. The van der Waals surface area contributed by atoms with E-state index in [0.717, 1.165) is 4.88 Å². The molecule has 0 saturated carbocycles. The maximum absolute atomic E-state index is 12.8. The fourth-order valence-corrected chi connectivity index (χ4v) is 3.72. The topological polar surface area (TPSA) is 122 Å². The summed E-state index contributed by atoms with van der Waals surface area (Å²) in [5, 5.41) is 9.72. The van der Waals surface area contributed by atoms with E-state index in [2.05, 4.69) is 20.9 Å². The van der Waals surface area contributed by atoms with E-state index in [9.17, 15) is 19.2 Å². The van der Waals surface area contributed by atoms with Gasteiger partial charge >= 0.3 is 0 Å². The van der Waals surface area contributed by atoms with Crippen LogP contribution < -0.4 is 21.5 Å². The Balaban J connectivity index is 1.46. The van der Waals surface area contributed by atoms with Gasteiger partial charge in [0.25, 0.3) is 17.4 Å². The Kier molecular flexibility index (Phi) is 6.56. The zero-order chi connectivity index (χ0) is 23.2. The average molecular weight is 462 g/mol. The van der Waals surface area contributed by atoms with Gasteiger partial charge in [-0.05, 0) is 35.7 Å². The van der Waals surface area contributed by atoms with Crippen molar-refractivity contribution in [2.75, 3.05) is 11.9 Å². The second-order valence-corrected chi connectivity index (χ2v) is 7.98. The number of aromatic nitrogens is 2. The summed E-state index contributed by atoms with van der Waals surface area (Å²) >= 11 is 1.52. The molecule has 10 heteroatoms. The minimum Gasteiger partial charge on any atom is -0.350 e. The zero-order valence-electron chi connectivity index (χ0n) is 17.3. The van der Waals surface area contributed by atoms with Crippen molar-refractivity contribution in [3.05, 3.63) is 98.7 Å². The highest BCUT2D eigenvalue weighted by molar-refractivity contribution is 7.09. The van der Waals surface area contributed by atoms with Gasteiger partial charge in [-0.2, -0.15) is 0 Å². The number of thiophene rings is 1. The van der Waals surface area contributed by atoms with Crippen LogP contribution in [-0.4, -0.2) is 33.7 Å². The average Bonchev–Trinajstić information content (AvgIpc) is 3.37. The molecule has 3 N–H and O–H groups in total. The maximum Gasteiger partial charge on any atom is 0.281 e. The monoisotopic (exact) mass is 461 g/mol. The summed E-state index contributed by atoms with van der Waals surface area (Å²) in [6.07, 6.45) is 2.66. The highest BCUT2D eigenvalue weighted by atomic mass is 32.1. The Labute approximate surface area is 192 Å². The first kappa shape index (κ1) is 21.9. The van der Waals surface area contributed by atoms with E-state index >= 15 is 0 Å². The lowest BCUT2D eigenvalue weighted by molar-refractivity contribution is -0.120. The second kappa shape index (κ2) is 9.88. The van der Waals surface area contributed by atoms with Crippen LogP contribution in [0.5, 0.6) is 0 Å². The fourth-order valence-electron chi connectivity index (χ4n) is 3.07. The van der Waals surface area contributed by atoms with Crippen molar-refractivity contribution in [2.24, 2.45) is 0 Å². The van der Waals surface area contributed by atoms with Gasteiger partial charge in [0.1, 0.15) is 5.69 Å². The van der Waals surface area contributed by atoms with Crippen LogP contribution in [0.25, 0.3) is 5.65 Å². The van der Waals surface area contributed by atoms with Gasteiger partial charge in [-0.25, -0.2) is 4.98 Å². The molecule has 3 heterocycles. The van der Waals surface area contributed by atoms with Crippen LogP contribution in [-0.2, 0) is 11.3 Å². The van der Waals surface area contributed by atoms with Crippen molar-refractivity contribution in [2.45, 2.75) is 6.54 Å². The molecule has 0 aliphatic carbocycles. The SMILES string of the molecule is O=C(CNC(=O)c1cccn2c(=O)c(NC(=O)c3ccccc3)cnc12)NCc1cccs1. The van der Waals surface area contributed by atoms with Gasteiger partial charge in [-0.1, -0.05) is 24.3 Å². The molecule has 0 spiro atoms. The summed E-state index contributed by atoms with van der Waals surface area (Å²) in [6.45, 7) is 0.162. The maximum atomic E-state index is 12.8. The largest absolute Gasteiger partial charge is 0.350 e. The minimum atomic E-state index is -0.549. The number of nitrogens with zero attached hydrogens (tertiary/aromatic N) is 2. The van der Waals surface area contributed by atoms with Crippen LogP contribution in [0.3, 0.4) is 0 Å². The van der Waals surface area contributed by atoms with Crippen molar-refractivity contribution >= 4 is 40.4 Å². The van der Waals surface area contributed by atoms with E-state index < -0.39 is 17.4 Å². The smallest absolute Gasteiger partial charge is 0.281 e. The molecule has 166 valence electrons. The summed E-state index contributed by atoms with van der Waals surface area (Å²) in [4.78, 5) is 55.1. The number of benzene rings is 1. The first-order chi connectivity index (χ1) is 16.0. The van der Waals surface area contributed by atoms with Gasteiger partial charge in [0.2, 0.25) is 5.91 Å². The highest BCUT2D eigenvalue weighted by Gasteiger charge is 2.16. The molecular weight excluding hydrogens is 442 g/mol.